The summed E-state index contributed by atoms with van der Waals surface area (Å²) in [7, 11) is 0. The molecule has 0 saturated carbocycles. The molecule has 5 heteroatoms. The second kappa shape index (κ2) is 6.31. The van der Waals surface area contributed by atoms with Gasteiger partial charge in [-0.05, 0) is 64.1 Å². The molecular weight excluding hydrogens is 317 g/mol. The molecule has 0 saturated heterocycles. The number of thiophene rings is 1. The molecule has 0 atom stereocenters. The minimum atomic E-state index is -0.261. The first-order chi connectivity index (χ1) is 8.70. The summed E-state index contributed by atoms with van der Waals surface area (Å²) in [4.78, 5) is 1.11. The van der Waals surface area contributed by atoms with Gasteiger partial charge in [0.05, 0.1) is 4.88 Å². The molecular formula is C13H13BrFNOS. The van der Waals surface area contributed by atoms with Gasteiger partial charge in [-0.1, -0.05) is 0 Å². The zero-order chi connectivity index (χ0) is 13.0. The summed E-state index contributed by atoms with van der Waals surface area (Å²) in [6.45, 7) is 0.948. The van der Waals surface area contributed by atoms with E-state index in [1.165, 1.54) is 12.1 Å². The molecule has 96 valence electrons. The van der Waals surface area contributed by atoms with E-state index >= 15 is 0 Å². The zero-order valence-corrected chi connectivity index (χ0v) is 12.1. The lowest BCUT2D eigenvalue weighted by molar-refractivity contribution is 0.305. The van der Waals surface area contributed by atoms with Gasteiger partial charge in [0, 0.05) is 4.47 Å². The van der Waals surface area contributed by atoms with Crippen LogP contribution in [0.25, 0.3) is 0 Å². The van der Waals surface area contributed by atoms with Crippen molar-refractivity contribution in [1.82, 2.24) is 0 Å². The third kappa shape index (κ3) is 3.31. The molecule has 1 heterocycles. The lowest BCUT2D eigenvalue weighted by atomic mass is 10.1. The van der Waals surface area contributed by atoms with Crippen LogP contribution in [0.4, 0.5) is 4.39 Å². The van der Waals surface area contributed by atoms with Crippen LogP contribution in [-0.2, 0) is 13.0 Å². The maximum Gasteiger partial charge on any atom is 0.124 e. The summed E-state index contributed by atoms with van der Waals surface area (Å²) in [5.41, 5.74) is 6.32. The van der Waals surface area contributed by atoms with Crippen molar-refractivity contribution in [3.8, 4) is 5.75 Å². The maximum absolute atomic E-state index is 13.1. The van der Waals surface area contributed by atoms with Crippen molar-refractivity contribution >= 4 is 27.3 Å². The van der Waals surface area contributed by atoms with Crippen LogP contribution in [0.15, 0.2) is 34.1 Å². The third-order valence-corrected chi connectivity index (χ3v) is 4.39. The number of halogens is 2. The largest absolute Gasteiger partial charge is 0.488 e. The van der Waals surface area contributed by atoms with E-state index in [-0.39, 0.29) is 5.82 Å². The molecule has 18 heavy (non-hydrogen) atoms. The molecule has 0 amide bonds. The highest BCUT2D eigenvalue weighted by atomic mass is 79.9. The Kier molecular flexibility index (Phi) is 4.74. The number of hydrogen-bond acceptors (Lipinski definition) is 3. The molecule has 2 rings (SSSR count). The fourth-order valence-electron chi connectivity index (χ4n) is 1.61. The summed E-state index contributed by atoms with van der Waals surface area (Å²) in [6.07, 6.45) is 0.610. The first-order valence-corrected chi connectivity index (χ1v) is 7.21. The fraction of sp³-hybridized carbons (Fsp3) is 0.231. The van der Waals surface area contributed by atoms with Crippen LogP contribution < -0.4 is 10.5 Å². The molecule has 0 aliphatic heterocycles. The highest BCUT2D eigenvalue weighted by molar-refractivity contribution is 9.10. The highest BCUT2D eigenvalue weighted by Crippen LogP contribution is 2.26. The van der Waals surface area contributed by atoms with Crippen molar-refractivity contribution in [2.24, 2.45) is 5.73 Å². The third-order valence-electron chi connectivity index (χ3n) is 2.49. The predicted molar refractivity (Wildman–Crippen MR) is 75.5 cm³/mol. The highest BCUT2D eigenvalue weighted by Gasteiger charge is 2.07. The Hall–Kier alpha value is -0.910. The molecule has 0 spiro atoms. The molecule has 0 fully saturated rings. The number of ether oxygens (including phenoxy) is 1. The lowest BCUT2D eigenvalue weighted by Gasteiger charge is -2.10. The first-order valence-electron chi connectivity index (χ1n) is 5.54. The molecule has 1 aromatic heterocycles. The average Bonchev–Trinajstić information content (AvgIpc) is 2.74. The van der Waals surface area contributed by atoms with E-state index in [9.17, 15) is 4.39 Å². The molecule has 0 bridgehead atoms. The van der Waals surface area contributed by atoms with Crippen LogP contribution in [0.1, 0.15) is 10.4 Å². The van der Waals surface area contributed by atoms with E-state index < -0.39 is 0 Å². The van der Waals surface area contributed by atoms with Gasteiger partial charge in [-0.15, -0.1) is 11.3 Å². The molecule has 0 unspecified atom stereocenters. The van der Waals surface area contributed by atoms with Gasteiger partial charge in [0.25, 0.3) is 0 Å². The van der Waals surface area contributed by atoms with Gasteiger partial charge in [0.15, 0.2) is 0 Å². The minimum absolute atomic E-state index is 0.261. The van der Waals surface area contributed by atoms with E-state index in [0.717, 1.165) is 14.9 Å². The van der Waals surface area contributed by atoms with Gasteiger partial charge in [0.1, 0.15) is 18.2 Å². The van der Waals surface area contributed by atoms with Crippen molar-refractivity contribution in [3.63, 3.8) is 0 Å². The van der Waals surface area contributed by atoms with Gasteiger partial charge >= 0.3 is 0 Å². The topological polar surface area (TPSA) is 35.2 Å². The first kappa shape index (κ1) is 13.5. The maximum atomic E-state index is 13.1. The Labute approximate surface area is 118 Å². The normalized spacial score (nSPS) is 10.6. The monoisotopic (exact) mass is 329 g/mol. The summed E-state index contributed by atoms with van der Waals surface area (Å²) in [5.74, 6) is 0.435. The van der Waals surface area contributed by atoms with Crippen LogP contribution in [0.5, 0.6) is 5.75 Å². The number of benzene rings is 1. The Bertz CT molecular complexity index is 529. The van der Waals surface area contributed by atoms with Crippen LogP contribution in [0.2, 0.25) is 0 Å². The summed E-state index contributed by atoms with van der Waals surface area (Å²) < 4.78 is 19.9. The Morgan fingerprint density at radius 1 is 1.33 bits per heavy atom. The van der Waals surface area contributed by atoms with Crippen molar-refractivity contribution in [2.75, 3.05) is 6.54 Å². The van der Waals surface area contributed by atoms with Crippen molar-refractivity contribution < 1.29 is 9.13 Å². The number of nitrogens with two attached hydrogens (primary N) is 1. The van der Waals surface area contributed by atoms with Crippen LogP contribution in [0.3, 0.4) is 0 Å². The zero-order valence-electron chi connectivity index (χ0n) is 9.66. The van der Waals surface area contributed by atoms with Crippen molar-refractivity contribution in [3.05, 3.63) is 50.4 Å². The van der Waals surface area contributed by atoms with Crippen LogP contribution in [0, 0.1) is 5.82 Å². The summed E-state index contributed by atoms with van der Waals surface area (Å²) in [5, 5.41) is 1.99. The Morgan fingerprint density at radius 2 is 2.17 bits per heavy atom. The smallest absolute Gasteiger partial charge is 0.124 e. The van der Waals surface area contributed by atoms with Crippen molar-refractivity contribution in [2.45, 2.75) is 13.0 Å². The van der Waals surface area contributed by atoms with E-state index in [4.69, 9.17) is 10.5 Å². The van der Waals surface area contributed by atoms with Crippen LogP contribution in [-0.4, -0.2) is 6.54 Å². The lowest BCUT2D eigenvalue weighted by Crippen LogP contribution is -2.05. The second-order valence-corrected chi connectivity index (χ2v) is 5.63. The standard InChI is InChI=1S/C13H13BrFNOS/c14-11-4-6-18-13(11)8-17-12-2-1-10(15)7-9(12)3-5-16/h1-2,4,6-7H,3,5,8,16H2. The van der Waals surface area contributed by atoms with E-state index in [2.05, 4.69) is 15.9 Å². The summed E-state index contributed by atoms with van der Waals surface area (Å²) in [6, 6.07) is 6.52. The molecule has 0 aliphatic carbocycles. The molecule has 2 aromatic rings. The van der Waals surface area contributed by atoms with Gasteiger partial charge in [-0.25, -0.2) is 4.39 Å². The van der Waals surface area contributed by atoms with Gasteiger partial charge in [-0.3, -0.25) is 0 Å². The molecule has 2 nitrogen and oxygen atoms in total. The van der Waals surface area contributed by atoms with Gasteiger partial charge < -0.3 is 10.5 Å². The van der Waals surface area contributed by atoms with Gasteiger partial charge in [-0.2, -0.15) is 0 Å². The van der Waals surface area contributed by atoms with Gasteiger partial charge in [0.2, 0.25) is 0 Å². The average molecular weight is 330 g/mol. The Balaban J connectivity index is 2.11. The van der Waals surface area contributed by atoms with E-state index in [0.29, 0.717) is 25.3 Å². The number of hydrogen-bond donors (Lipinski definition) is 1. The van der Waals surface area contributed by atoms with Crippen molar-refractivity contribution in [1.29, 1.82) is 0 Å². The SMILES string of the molecule is NCCc1cc(F)ccc1OCc1sccc1Br. The molecule has 0 radical (unpaired) electrons. The van der Waals surface area contributed by atoms with E-state index in [1.807, 2.05) is 11.4 Å². The minimum Gasteiger partial charge on any atom is -0.488 e. The molecule has 2 N–H and O–H groups in total. The summed E-state index contributed by atoms with van der Waals surface area (Å²) >= 11 is 5.07. The fourth-order valence-corrected chi connectivity index (χ4v) is 2.99. The quantitative estimate of drug-likeness (QED) is 0.907. The second-order valence-electron chi connectivity index (χ2n) is 3.77. The predicted octanol–water partition coefficient (Wildman–Crippen LogP) is 3.73. The molecule has 0 aliphatic rings. The van der Waals surface area contributed by atoms with Crippen LogP contribution >= 0.6 is 27.3 Å². The molecule has 1 aromatic carbocycles. The van der Waals surface area contributed by atoms with E-state index in [1.54, 1.807) is 17.4 Å². The Morgan fingerprint density at radius 3 is 2.83 bits per heavy atom. The number of rotatable bonds is 5.